The fraction of sp³-hybridized carbons (Fsp3) is 0.417. The minimum Gasteiger partial charge on any atom is -0.384 e. The Labute approximate surface area is 116 Å². The maximum Gasteiger partial charge on any atom is 0.417 e. The molecular weight excluding hydrogens is 300 g/mol. The van der Waals surface area contributed by atoms with Gasteiger partial charge in [-0.15, -0.1) is 0 Å². The summed E-state index contributed by atoms with van der Waals surface area (Å²) in [7, 11) is 0. The van der Waals surface area contributed by atoms with Crippen LogP contribution in [0.25, 0.3) is 0 Å². The molecule has 3 nitrogen and oxygen atoms in total. The number of nitrogens with zero attached hydrogens (tertiary/aromatic N) is 1. The molecule has 118 valence electrons. The molecule has 0 heterocycles. The summed E-state index contributed by atoms with van der Waals surface area (Å²) in [4.78, 5) is 0.854. The summed E-state index contributed by atoms with van der Waals surface area (Å²) in [6.45, 7) is 0.0886. The monoisotopic (exact) mass is 313 g/mol. The topological polar surface area (TPSA) is 53.1 Å². The van der Waals surface area contributed by atoms with E-state index >= 15 is 0 Å². The second kappa shape index (κ2) is 5.82. The summed E-state index contributed by atoms with van der Waals surface area (Å²) in [5.74, 6) is -0.854. The van der Waals surface area contributed by atoms with Crippen LogP contribution in [0.15, 0.2) is 18.2 Å². The van der Waals surface area contributed by atoms with Crippen LogP contribution in [0.4, 0.5) is 32.0 Å². The summed E-state index contributed by atoms with van der Waals surface area (Å²) < 4.78 is 75.5. The third kappa shape index (κ3) is 4.54. The van der Waals surface area contributed by atoms with Gasteiger partial charge in [-0.3, -0.25) is 5.41 Å². The molecule has 0 aliphatic carbocycles. The van der Waals surface area contributed by atoms with Gasteiger partial charge in [0.1, 0.15) is 12.4 Å². The lowest BCUT2D eigenvalue weighted by molar-refractivity contribution is -0.137. The molecule has 0 fully saturated rings. The van der Waals surface area contributed by atoms with Crippen LogP contribution in [0.3, 0.4) is 0 Å². The van der Waals surface area contributed by atoms with Crippen molar-refractivity contribution in [3.05, 3.63) is 29.3 Å². The zero-order valence-electron chi connectivity index (χ0n) is 10.9. The molecule has 1 aromatic carbocycles. The molecule has 0 amide bonds. The van der Waals surface area contributed by atoms with Crippen molar-refractivity contribution in [1.82, 2.24) is 0 Å². The van der Waals surface area contributed by atoms with Crippen molar-refractivity contribution >= 4 is 11.5 Å². The van der Waals surface area contributed by atoms with Crippen molar-refractivity contribution in [1.29, 1.82) is 5.41 Å². The standard InChI is InChI=1S/C12H13F6N3/c1-2-21(6-11(13,14)15)7-3-4-9(12(16,17)18)8(5-7)10(19)20/h3-5H,2,6H2,1H3,(H3,19,20). The molecule has 0 aliphatic heterocycles. The van der Waals surface area contributed by atoms with Gasteiger partial charge < -0.3 is 10.6 Å². The average molecular weight is 313 g/mol. The van der Waals surface area contributed by atoms with Gasteiger partial charge in [0.25, 0.3) is 0 Å². The molecule has 0 bridgehead atoms. The molecule has 0 aromatic heterocycles. The highest BCUT2D eigenvalue weighted by atomic mass is 19.4. The molecule has 0 aliphatic rings. The number of amidine groups is 1. The number of hydrogen-bond acceptors (Lipinski definition) is 2. The third-order valence-corrected chi connectivity index (χ3v) is 2.72. The lowest BCUT2D eigenvalue weighted by Crippen LogP contribution is -2.34. The zero-order valence-corrected chi connectivity index (χ0v) is 10.9. The smallest absolute Gasteiger partial charge is 0.384 e. The lowest BCUT2D eigenvalue weighted by atomic mass is 10.0. The van der Waals surface area contributed by atoms with Crippen molar-refractivity contribution < 1.29 is 26.3 Å². The molecule has 9 heteroatoms. The van der Waals surface area contributed by atoms with Gasteiger partial charge in [0.2, 0.25) is 0 Å². The number of anilines is 1. The minimum absolute atomic E-state index is 0.0534. The first-order valence-corrected chi connectivity index (χ1v) is 5.83. The number of benzene rings is 1. The summed E-state index contributed by atoms with van der Waals surface area (Å²) in [5, 5.41) is 7.17. The molecule has 0 spiro atoms. The molecule has 0 atom stereocenters. The Hall–Kier alpha value is -1.93. The maximum absolute atomic E-state index is 12.7. The van der Waals surface area contributed by atoms with E-state index in [1.807, 2.05) is 0 Å². The van der Waals surface area contributed by atoms with Gasteiger partial charge in [0, 0.05) is 17.8 Å². The minimum atomic E-state index is -4.74. The van der Waals surface area contributed by atoms with Crippen LogP contribution in [-0.4, -0.2) is 25.1 Å². The Morgan fingerprint density at radius 1 is 1.19 bits per heavy atom. The first-order chi connectivity index (χ1) is 9.45. The molecule has 0 saturated heterocycles. The highest BCUT2D eigenvalue weighted by Crippen LogP contribution is 2.34. The van der Waals surface area contributed by atoms with E-state index in [0.717, 1.165) is 17.0 Å². The van der Waals surface area contributed by atoms with Crippen molar-refractivity contribution in [2.45, 2.75) is 19.3 Å². The number of alkyl halides is 6. The second-order valence-electron chi connectivity index (χ2n) is 4.27. The molecule has 1 aromatic rings. The van der Waals surface area contributed by atoms with Gasteiger partial charge in [0.05, 0.1) is 5.56 Å². The number of rotatable bonds is 4. The predicted molar refractivity (Wildman–Crippen MR) is 66.4 cm³/mol. The van der Waals surface area contributed by atoms with E-state index in [1.54, 1.807) is 0 Å². The Bertz CT molecular complexity index is 521. The molecule has 1 rings (SSSR count). The number of nitrogen functional groups attached to an aromatic ring is 1. The fourth-order valence-electron chi connectivity index (χ4n) is 1.80. The van der Waals surface area contributed by atoms with Crippen LogP contribution >= 0.6 is 0 Å². The predicted octanol–water partition coefficient (Wildman–Crippen LogP) is 3.38. The highest BCUT2D eigenvalue weighted by Gasteiger charge is 2.35. The number of nitrogens with two attached hydrogens (primary N) is 1. The maximum atomic E-state index is 12.7. The summed E-state index contributed by atoms with van der Waals surface area (Å²) in [6.07, 6.45) is -9.23. The number of halogens is 6. The normalized spacial score (nSPS) is 12.3. The van der Waals surface area contributed by atoms with Gasteiger partial charge in [-0.2, -0.15) is 26.3 Å². The van der Waals surface area contributed by atoms with Crippen LogP contribution < -0.4 is 10.6 Å². The molecule has 0 radical (unpaired) electrons. The molecule has 0 unspecified atom stereocenters. The van der Waals surface area contributed by atoms with Gasteiger partial charge in [-0.25, -0.2) is 0 Å². The van der Waals surface area contributed by atoms with Crippen LogP contribution in [-0.2, 0) is 6.18 Å². The summed E-state index contributed by atoms with van der Waals surface area (Å²) in [5.41, 5.74) is 3.23. The van der Waals surface area contributed by atoms with Gasteiger partial charge in [0.15, 0.2) is 0 Å². The Kier molecular flexibility index (Phi) is 4.75. The Balaban J connectivity index is 3.27. The van der Waals surface area contributed by atoms with E-state index in [9.17, 15) is 26.3 Å². The first kappa shape index (κ1) is 17.1. The quantitative estimate of drug-likeness (QED) is 0.509. The number of nitrogens with one attached hydrogen (secondary N) is 1. The van der Waals surface area contributed by atoms with Crippen molar-refractivity contribution in [3.63, 3.8) is 0 Å². The summed E-state index contributed by atoms with van der Waals surface area (Å²) >= 11 is 0. The average Bonchev–Trinajstić information content (AvgIpc) is 2.33. The molecule has 3 N–H and O–H groups in total. The first-order valence-electron chi connectivity index (χ1n) is 5.83. The second-order valence-corrected chi connectivity index (χ2v) is 4.27. The van der Waals surface area contributed by atoms with E-state index in [4.69, 9.17) is 11.1 Å². The van der Waals surface area contributed by atoms with Crippen molar-refractivity contribution in [3.8, 4) is 0 Å². The zero-order chi connectivity index (χ0) is 16.4. The van der Waals surface area contributed by atoms with Crippen LogP contribution in [0.5, 0.6) is 0 Å². The summed E-state index contributed by atoms with van der Waals surface area (Å²) in [6, 6.07) is 2.41. The molecule has 21 heavy (non-hydrogen) atoms. The van der Waals surface area contributed by atoms with Gasteiger partial charge in [-0.1, -0.05) is 0 Å². The van der Waals surface area contributed by atoms with Crippen LogP contribution in [0.1, 0.15) is 18.1 Å². The number of hydrogen-bond donors (Lipinski definition) is 2. The Morgan fingerprint density at radius 3 is 2.14 bits per heavy atom. The fourth-order valence-corrected chi connectivity index (χ4v) is 1.80. The highest BCUT2D eigenvalue weighted by molar-refractivity contribution is 5.97. The SMILES string of the molecule is CCN(CC(F)(F)F)c1ccc(C(F)(F)F)c(C(=N)N)c1. The Morgan fingerprint density at radius 2 is 1.76 bits per heavy atom. The van der Waals surface area contributed by atoms with E-state index < -0.39 is 35.9 Å². The van der Waals surface area contributed by atoms with Crippen molar-refractivity contribution in [2.75, 3.05) is 18.0 Å². The van der Waals surface area contributed by atoms with Crippen LogP contribution in [0, 0.1) is 5.41 Å². The largest absolute Gasteiger partial charge is 0.417 e. The van der Waals surface area contributed by atoms with Crippen molar-refractivity contribution in [2.24, 2.45) is 5.73 Å². The van der Waals surface area contributed by atoms with E-state index in [1.165, 1.54) is 6.92 Å². The third-order valence-electron chi connectivity index (χ3n) is 2.72. The molecular formula is C12H13F6N3. The van der Waals surface area contributed by atoms with Gasteiger partial charge in [-0.05, 0) is 25.1 Å². The van der Waals surface area contributed by atoms with E-state index in [-0.39, 0.29) is 12.2 Å². The van der Waals surface area contributed by atoms with E-state index in [0.29, 0.717) is 6.07 Å². The lowest BCUT2D eigenvalue weighted by Gasteiger charge is -2.25. The van der Waals surface area contributed by atoms with E-state index in [2.05, 4.69) is 0 Å². The van der Waals surface area contributed by atoms with Gasteiger partial charge >= 0.3 is 12.4 Å². The van der Waals surface area contributed by atoms with Crippen LogP contribution in [0.2, 0.25) is 0 Å². The molecule has 0 saturated carbocycles.